The van der Waals surface area contributed by atoms with Crippen molar-refractivity contribution in [2.24, 2.45) is 0 Å². The number of hydroxylamine groups is 1. The SMILES string of the molecule is CN1CCC[C@@H](n2c(-c3cccc(/C=C/C(=O)NO)c3)nc3c(F)cccc32)C1. The van der Waals surface area contributed by atoms with Crippen molar-refractivity contribution in [3.63, 3.8) is 0 Å². The Morgan fingerprint density at radius 3 is 2.93 bits per heavy atom. The smallest absolute Gasteiger partial charge is 0.267 e. The Hall–Kier alpha value is -3.03. The normalized spacial score (nSPS) is 17.8. The summed E-state index contributed by atoms with van der Waals surface area (Å²) in [4.78, 5) is 18.2. The van der Waals surface area contributed by atoms with Gasteiger partial charge in [0.2, 0.25) is 0 Å². The average molecular weight is 394 g/mol. The molecule has 0 bridgehead atoms. The van der Waals surface area contributed by atoms with Gasteiger partial charge in [-0.3, -0.25) is 10.0 Å². The van der Waals surface area contributed by atoms with E-state index in [9.17, 15) is 9.18 Å². The van der Waals surface area contributed by atoms with Gasteiger partial charge in [0.15, 0.2) is 5.82 Å². The molecular weight excluding hydrogens is 371 g/mol. The molecule has 0 saturated carbocycles. The summed E-state index contributed by atoms with van der Waals surface area (Å²) in [5, 5.41) is 8.65. The van der Waals surface area contributed by atoms with Crippen molar-refractivity contribution in [3.8, 4) is 11.4 Å². The maximum Gasteiger partial charge on any atom is 0.267 e. The van der Waals surface area contributed by atoms with Crippen LogP contribution in [-0.2, 0) is 4.79 Å². The van der Waals surface area contributed by atoms with Gasteiger partial charge in [-0.25, -0.2) is 14.9 Å². The zero-order chi connectivity index (χ0) is 20.4. The molecule has 1 atom stereocenters. The Kier molecular flexibility index (Phi) is 5.42. The predicted octanol–water partition coefficient (Wildman–Crippen LogP) is 3.63. The third kappa shape index (κ3) is 3.92. The van der Waals surface area contributed by atoms with Crippen LogP contribution >= 0.6 is 0 Å². The highest BCUT2D eigenvalue weighted by atomic mass is 19.1. The number of hydrogen-bond acceptors (Lipinski definition) is 4. The Morgan fingerprint density at radius 1 is 1.31 bits per heavy atom. The van der Waals surface area contributed by atoms with Crippen LogP contribution in [0.15, 0.2) is 48.5 Å². The summed E-state index contributed by atoms with van der Waals surface area (Å²) in [6.07, 6.45) is 4.94. The summed E-state index contributed by atoms with van der Waals surface area (Å²) in [5.74, 6) is -0.218. The molecule has 0 unspecified atom stereocenters. The second-order valence-corrected chi connectivity index (χ2v) is 7.41. The highest BCUT2D eigenvalue weighted by Crippen LogP contribution is 2.33. The predicted molar refractivity (Wildman–Crippen MR) is 110 cm³/mol. The molecule has 3 aromatic rings. The molecule has 1 amide bonds. The number of amides is 1. The van der Waals surface area contributed by atoms with E-state index in [-0.39, 0.29) is 11.9 Å². The molecule has 2 N–H and O–H groups in total. The number of rotatable bonds is 4. The molecule has 1 aliphatic heterocycles. The van der Waals surface area contributed by atoms with Gasteiger partial charge in [0.05, 0.1) is 5.52 Å². The van der Waals surface area contributed by atoms with E-state index in [1.54, 1.807) is 17.6 Å². The van der Waals surface area contributed by atoms with Crippen molar-refractivity contribution >= 4 is 23.0 Å². The maximum absolute atomic E-state index is 14.5. The monoisotopic (exact) mass is 394 g/mol. The van der Waals surface area contributed by atoms with Crippen LogP contribution in [0, 0.1) is 5.82 Å². The number of halogens is 1. The molecule has 2 aromatic carbocycles. The van der Waals surface area contributed by atoms with Crippen molar-refractivity contribution in [3.05, 3.63) is 59.9 Å². The van der Waals surface area contributed by atoms with Gasteiger partial charge in [-0.1, -0.05) is 24.3 Å². The first-order chi connectivity index (χ1) is 14.1. The average Bonchev–Trinajstić information content (AvgIpc) is 3.13. The first-order valence-electron chi connectivity index (χ1n) is 9.64. The number of hydrogen-bond donors (Lipinski definition) is 2. The van der Waals surface area contributed by atoms with Gasteiger partial charge in [-0.05, 0) is 56.3 Å². The van der Waals surface area contributed by atoms with Crippen LogP contribution in [-0.4, -0.2) is 45.7 Å². The minimum atomic E-state index is -0.602. The fourth-order valence-corrected chi connectivity index (χ4v) is 4.00. The van der Waals surface area contributed by atoms with Crippen molar-refractivity contribution in [1.29, 1.82) is 0 Å². The minimum Gasteiger partial charge on any atom is -0.319 e. The van der Waals surface area contributed by atoms with Gasteiger partial charge >= 0.3 is 0 Å². The van der Waals surface area contributed by atoms with Gasteiger partial charge in [0, 0.05) is 24.2 Å². The van der Waals surface area contributed by atoms with Crippen molar-refractivity contribution in [2.75, 3.05) is 20.1 Å². The Bertz CT molecular complexity index is 1080. The molecule has 0 spiro atoms. The molecule has 4 rings (SSSR count). The summed E-state index contributed by atoms with van der Waals surface area (Å²) in [6.45, 7) is 1.94. The van der Waals surface area contributed by atoms with Gasteiger partial charge in [0.25, 0.3) is 5.91 Å². The molecule has 7 heteroatoms. The second kappa shape index (κ2) is 8.14. The zero-order valence-electron chi connectivity index (χ0n) is 16.2. The van der Waals surface area contributed by atoms with E-state index in [0.29, 0.717) is 11.3 Å². The quantitative estimate of drug-likeness (QED) is 0.403. The first kappa shape index (κ1) is 19.3. The summed E-state index contributed by atoms with van der Waals surface area (Å²) in [7, 11) is 2.10. The number of piperidine rings is 1. The number of fused-ring (bicyclic) bond motifs is 1. The van der Waals surface area contributed by atoms with E-state index >= 15 is 0 Å². The summed E-state index contributed by atoms with van der Waals surface area (Å²) in [6, 6.07) is 12.8. The summed E-state index contributed by atoms with van der Waals surface area (Å²) in [5.41, 5.74) is 4.37. The van der Waals surface area contributed by atoms with Crippen LogP contribution in [0.25, 0.3) is 28.5 Å². The highest BCUT2D eigenvalue weighted by molar-refractivity contribution is 5.91. The molecular formula is C22H23FN4O2. The molecule has 1 aliphatic rings. The largest absolute Gasteiger partial charge is 0.319 e. The number of para-hydroxylation sites is 1. The standard InChI is InChI=1S/C22H23FN4O2/c1-26-12-4-7-17(14-26)27-19-9-3-8-18(23)21(19)24-22(27)16-6-2-5-15(13-16)10-11-20(28)25-29/h2-3,5-6,8-11,13,17,29H,4,7,12,14H2,1H3,(H,25,28)/b11-10+/t17-/m1/s1. The summed E-state index contributed by atoms with van der Waals surface area (Å²) < 4.78 is 16.7. The van der Waals surface area contributed by atoms with Crippen molar-refractivity contribution in [1.82, 2.24) is 19.9 Å². The van der Waals surface area contributed by atoms with Crippen LogP contribution < -0.4 is 5.48 Å². The molecule has 0 radical (unpaired) electrons. The minimum absolute atomic E-state index is 0.204. The first-order valence-corrected chi connectivity index (χ1v) is 9.64. The van der Waals surface area contributed by atoms with Gasteiger partial charge in [-0.15, -0.1) is 0 Å². The fraction of sp³-hybridized carbons (Fsp3) is 0.273. The van der Waals surface area contributed by atoms with E-state index in [4.69, 9.17) is 5.21 Å². The number of carbonyl (C=O) groups is 1. The molecule has 150 valence electrons. The van der Waals surface area contributed by atoms with Crippen molar-refractivity contribution < 1.29 is 14.4 Å². The summed E-state index contributed by atoms with van der Waals surface area (Å²) >= 11 is 0. The number of nitrogens with one attached hydrogen (secondary N) is 1. The molecule has 6 nitrogen and oxygen atoms in total. The van der Waals surface area contributed by atoms with E-state index in [1.807, 2.05) is 30.3 Å². The third-order valence-corrected chi connectivity index (χ3v) is 5.32. The van der Waals surface area contributed by atoms with Gasteiger partial charge in [0.1, 0.15) is 11.3 Å². The number of imidazole rings is 1. The van der Waals surface area contributed by atoms with Crippen LogP contribution in [0.2, 0.25) is 0 Å². The number of carbonyl (C=O) groups excluding carboxylic acids is 1. The lowest BCUT2D eigenvalue weighted by atomic mass is 10.0. The number of likely N-dealkylation sites (tertiary alicyclic amines) is 1. The lowest BCUT2D eigenvalue weighted by Gasteiger charge is -2.32. The molecule has 1 saturated heterocycles. The number of nitrogens with zero attached hydrogens (tertiary/aromatic N) is 3. The molecule has 1 fully saturated rings. The molecule has 0 aliphatic carbocycles. The molecule has 1 aromatic heterocycles. The number of benzene rings is 2. The Labute approximate surface area is 168 Å². The maximum atomic E-state index is 14.5. The lowest BCUT2D eigenvalue weighted by molar-refractivity contribution is -0.124. The fourth-order valence-electron chi connectivity index (χ4n) is 4.00. The lowest BCUT2D eigenvalue weighted by Crippen LogP contribution is -2.33. The highest BCUT2D eigenvalue weighted by Gasteiger charge is 2.25. The zero-order valence-corrected chi connectivity index (χ0v) is 16.2. The Morgan fingerprint density at radius 2 is 2.14 bits per heavy atom. The number of aromatic nitrogens is 2. The van der Waals surface area contributed by atoms with E-state index < -0.39 is 5.91 Å². The van der Waals surface area contributed by atoms with Crippen LogP contribution in [0.1, 0.15) is 24.4 Å². The van der Waals surface area contributed by atoms with Crippen molar-refractivity contribution in [2.45, 2.75) is 18.9 Å². The van der Waals surface area contributed by atoms with E-state index in [2.05, 4.69) is 21.5 Å². The topological polar surface area (TPSA) is 70.4 Å². The second-order valence-electron chi connectivity index (χ2n) is 7.41. The van der Waals surface area contributed by atoms with Crippen LogP contribution in [0.4, 0.5) is 4.39 Å². The molecule has 2 heterocycles. The van der Waals surface area contributed by atoms with E-state index in [0.717, 1.165) is 42.6 Å². The van der Waals surface area contributed by atoms with E-state index in [1.165, 1.54) is 12.1 Å². The van der Waals surface area contributed by atoms with Crippen LogP contribution in [0.3, 0.4) is 0 Å². The third-order valence-electron chi connectivity index (χ3n) is 5.32. The van der Waals surface area contributed by atoms with Gasteiger partial charge in [-0.2, -0.15) is 0 Å². The Balaban J connectivity index is 1.83. The number of likely N-dealkylation sites (N-methyl/N-ethyl adjacent to an activating group) is 1. The van der Waals surface area contributed by atoms with Crippen LogP contribution in [0.5, 0.6) is 0 Å². The van der Waals surface area contributed by atoms with Gasteiger partial charge < -0.3 is 9.47 Å². The molecule has 29 heavy (non-hydrogen) atoms.